The summed E-state index contributed by atoms with van der Waals surface area (Å²) in [5.74, 6) is -1.41. The van der Waals surface area contributed by atoms with E-state index in [1.54, 1.807) is 0 Å². The molecule has 0 aromatic rings. The minimum Gasteiger partial charge on any atom is -0.394 e. The second kappa shape index (κ2) is 5.46. The topological polar surface area (TPSA) is 84.6 Å². The highest BCUT2D eigenvalue weighted by molar-refractivity contribution is 5.86. The second-order valence-corrected chi connectivity index (χ2v) is 3.51. The third-order valence-corrected chi connectivity index (χ3v) is 1.98. The zero-order valence-corrected chi connectivity index (χ0v) is 8.97. The van der Waals surface area contributed by atoms with Gasteiger partial charge in [0, 0.05) is 7.11 Å². The summed E-state index contributed by atoms with van der Waals surface area (Å²) in [5, 5.41) is 10.7. The van der Waals surface area contributed by atoms with E-state index in [0.717, 1.165) is 0 Å². The Morgan fingerprint density at radius 1 is 1.56 bits per heavy atom. The predicted octanol–water partition coefficient (Wildman–Crippen LogP) is -0.610. The van der Waals surface area contributed by atoms with Gasteiger partial charge in [0.05, 0.1) is 19.3 Å². The van der Waals surface area contributed by atoms with Crippen LogP contribution in [0.5, 0.6) is 0 Å². The first-order chi connectivity index (χ1) is 7.16. The number of amides is 1. The van der Waals surface area contributed by atoms with Crippen LogP contribution in [0.3, 0.4) is 0 Å². The lowest BCUT2D eigenvalue weighted by atomic mass is 10.0. The quantitative estimate of drug-likeness (QED) is 0.602. The summed E-state index contributed by atoms with van der Waals surface area (Å²) in [6, 6.07) is -0.914. The van der Waals surface area contributed by atoms with Gasteiger partial charge in [0.2, 0.25) is 5.91 Å². The Kier molecular flexibility index (Phi) is 5.17. The van der Waals surface area contributed by atoms with Gasteiger partial charge >= 0.3 is 6.18 Å². The van der Waals surface area contributed by atoms with E-state index < -0.39 is 30.3 Å². The molecule has 4 N–H and O–H groups in total. The van der Waals surface area contributed by atoms with Crippen LogP contribution in [0.15, 0.2) is 0 Å². The maximum Gasteiger partial charge on any atom is 0.415 e. The number of nitrogens with one attached hydrogen (secondary N) is 1. The first-order valence-electron chi connectivity index (χ1n) is 4.43. The van der Waals surface area contributed by atoms with Crippen LogP contribution in [-0.4, -0.2) is 49.1 Å². The molecule has 2 atom stereocenters. The predicted molar refractivity (Wildman–Crippen MR) is 49.5 cm³/mol. The maximum atomic E-state index is 12.3. The van der Waals surface area contributed by atoms with E-state index in [1.807, 2.05) is 5.32 Å². The van der Waals surface area contributed by atoms with Crippen molar-refractivity contribution >= 4 is 5.91 Å². The SMILES string of the molecule is COCC(CO)NC(=O)C(C)(N)C(F)(F)F. The van der Waals surface area contributed by atoms with Crippen molar-refractivity contribution in [3.8, 4) is 0 Å². The molecule has 0 saturated heterocycles. The molecular formula is C8H15F3N2O3. The van der Waals surface area contributed by atoms with Crippen LogP contribution in [0.2, 0.25) is 0 Å². The van der Waals surface area contributed by atoms with E-state index in [0.29, 0.717) is 6.92 Å². The largest absolute Gasteiger partial charge is 0.415 e. The summed E-state index contributed by atoms with van der Waals surface area (Å²) < 4.78 is 41.6. The lowest BCUT2D eigenvalue weighted by Crippen LogP contribution is -2.63. The monoisotopic (exact) mass is 244 g/mol. The molecule has 96 valence electrons. The van der Waals surface area contributed by atoms with Crippen LogP contribution in [0.1, 0.15) is 6.92 Å². The first-order valence-corrected chi connectivity index (χ1v) is 4.43. The van der Waals surface area contributed by atoms with Gasteiger partial charge in [-0.2, -0.15) is 13.2 Å². The van der Waals surface area contributed by atoms with E-state index in [9.17, 15) is 18.0 Å². The molecule has 0 aliphatic carbocycles. The number of rotatable bonds is 5. The highest BCUT2D eigenvalue weighted by Crippen LogP contribution is 2.27. The number of methoxy groups -OCH3 is 1. The second-order valence-electron chi connectivity index (χ2n) is 3.51. The van der Waals surface area contributed by atoms with Gasteiger partial charge < -0.3 is 20.9 Å². The lowest BCUT2D eigenvalue weighted by molar-refractivity contribution is -0.188. The first kappa shape index (κ1) is 15.1. The molecule has 0 saturated carbocycles. The zero-order chi connectivity index (χ0) is 13.0. The fraction of sp³-hybridized carbons (Fsp3) is 0.875. The van der Waals surface area contributed by atoms with Crippen molar-refractivity contribution in [2.75, 3.05) is 20.3 Å². The van der Waals surface area contributed by atoms with E-state index in [2.05, 4.69) is 4.74 Å². The van der Waals surface area contributed by atoms with Crippen molar-refractivity contribution < 1.29 is 27.8 Å². The molecule has 0 bridgehead atoms. The number of carbonyl (C=O) groups is 1. The normalized spacial score (nSPS) is 17.7. The number of hydrogen-bond acceptors (Lipinski definition) is 4. The summed E-state index contributed by atoms with van der Waals surface area (Å²) in [4.78, 5) is 11.2. The molecule has 0 heterocycles. The van der Waals surface area contributed by atoms with Crippen molar-refractivity contribution in [1.29, 1.82) is 0 Å². The van der Waals surface area contributed by atoms with E-state index >= 15 is 0 Å². The van der Waals surface area contributed by atoms with Crippen molar-refractivity contribution in [2.45, 2.75) is 24.7 Å². The molecule has 1 amide bonds. The maximum absolute atomic E-state index is 12.3. The molecule has 0 aromatic carbocycles. The highest BCUT2D eigenvalue weighted by Gasteiger charge is 2.54. The Morgan fingerprint density at radius 3 is 2.38 bits per heavy atom. The molecule has 0 rings (SSSR count). The van der Waals surface area contributed by atoms with E-state index in [1.165, 1.54) is 7.11 Å². The van der Waals surface area contributed by atoms with Gasteiger partial charge in [-0.3, -0.25) is 4.79 Å². The summed E-state index contributed by atoms with van der Waals surface area (Å²) in [6.07, 6.45) is -4.86. The molecule has 2 unspecified atom stereocenters. The van der Waals surface area contributed by atoms with Crippen molar-refractivity contribution in [1.82, 2.24) is 5.32 Å². The van der Waals surface area contributed by atoms with Gasteiger partial charge in [-0.05, 0) is 6.92 Å². The molecule has 0 spiro atoms. The number of alkyl halides is 3. The Bertz CT molecular complexity index is 243. The Balaban J connectivity index is 4.56. The van der Waals surface area contributed by atoms with Gasteiger partial charge in [-0.1, -0.05) is 0 Å². The van der Waals surface area contributed by atoms with Crippen LogP contribution in [-0.2, 0) is 9.53 Å². The number of carbonyl (C=O) groups excluding carboxylic acids is 1. The van der Waals surface area contributed by atoms with Crippen LogP contribution in [0, 0.1) is 0 Å². The standard InChI is InChI=1S/C8H15F3N2O3/c1-7(12,8(9,10)11)6(15)13-5(3-14)4-16-2/h5,14H,3-4,12H2,1-2H3,(H,13,15). The van der Waals surface area contributed by atoms with Gasteiger partial charge in [0.15, 0.2) is 5.54 Å². The number of hydrogen-bond donors (Lipinski definition) is 3. The smallest absolute Gasteiger partial charge is 0.394 e. The molecule has 0 aromatic heterocycles. The number of ether oxygens (including phenoxy) is 1. The summed E-state index contributed by atoms with van der Waals surface area (Å²) in [5.41, 5.74) is 1.89. The van der Waals surface area contributed by atoms with Crippen LogP contribution in [0.25, 0.3) is 0 Å². The molecule has 0 aliphatic rings. The molecule has 8 heteroatoms. The van der Waals surface area contributed by atoms with Crippen LogP contribution >= 0.6 is 0 Å². The fourth-order valence-corrected chi connectivity index (χ4v) is 0.805. The van der Waals surface area contributed by atoms with Gasteiger partial charge in [-0.15, -0.1) is 0 Å². The number of halogens is 3. The minimum absolute atomic E-state index is 0.101. The molecule has 5 nitrogen and oxygen atoms in total. The van der Waals surface area contributed by atoms with Gasteiger partial charge in [0.25, 0.3) is 0 Å². The van der Waals surface area contributed by atoms with Gasteiger partial charge in [0.1, 0.15) is 0 Å². The van der Waals surface area contributed by atoms with Gasteiger partial charge in [-0.25, -0.2) is 0 Å². The molecule has 0 radical (unpaired) electrons. The average molecular weight is 244 g/mol. The Hall–Kier alpha value is -0.860. The van der Waals surface area contributed by atoms with Crippen molar-refractivity contribution in [2.24, 2.45) is 5.73 Å². The number of aliphatic hydroxyl groups is 1. The molecular weight excluding hydrogens is 229 g/mol. The van der Waals surface area contributed by atoms with Crippen LogP contribution < -0.4 is 11.1 Å². The van der Waals surface area contributed by atoms with Crippen LogP contribution in [0.4, 0.5) is 13.2 Å². The summed E-state index contributed by atoms with van der Waals surface area (Å²) >= 11 is 0. The third-order valence-electron chi connectivity index (χ3n) is 1.98. The van der Waals surface area contributed by atoms with Crippen molar-refractivity contribution in [3.63, 3.8) is 0 Å². The molecule has 16 heavy (non-hydrogen) atoms. The number of nitrogens with two attached hydrogens (primary N) is 1. The third kappa shape index (κ3) is 3.62. The number of aliphatic hydroxyl groups excluding tert-OH is 1. The lowest BCUT2D eigenvalue weighted by Gasteiger charge is -2.28. The molecule has 0 fully saturated rings. The summed E-state index contributed by atoms with van der Waals surface area (Å²) in [6.45, 7) is -0.0761. The summed E-state index contributed by atoms with van der Waals surface area (Å²) in [7, 11) is 1.29. The fourth-order valence-electron chi connectivity index (χ4n) is 0.805. The molecule has 0 aliphatic heterocycles. The highest BCUT2D eigenvalue weighted by atomic mass is 19.4. The average Bonchev–Trinajstić information content (AvgIpc) is 2.15. The van der Waals surface area contributed by atoms with Crippen molar-refractivity contribution in [3.05, 3.63) is 0 Å². The minimum atomic E-state index is -4.86. The van der Waals surface area contributed by atoms with E-state index in [-0.39, 0.29) is 6.61 Å². The zero-order valence-electron chi connectivity index (χ0n) is 8.97. The van der Waals surface area contributed by atoms with E-state index in [4.69, 9.17) is 10.8 Å². The Labute approximate surface area is 90.7 Å². The Morgan fingerprint density at radius 2 is 2.06 bits per heavy atom.